The highest BCUT2D eigenvalue weighted by molar-refractivity contribution is 6.03. The molecule has 3 unspecified atom stereocenters. The number of hydrogen-bond acceptors (Lipinski definition) is 10. The van der Waals surface area contributed by atoms with E-state index in [4.69, 9.17) is 14.9 Å². The second-order valence-corrected chi connectivity index (χ2v) is 12.7. The lowest BCUT2D eigenvalue weighted by molar-refractivity contribution is -0.156. The van der Waals surface area contributed by atoms with E-state index < -0.39 is 17.4 Å². The fourth-order valence-corrected chi connectivity index (χ4v) is 7.82. The Balaban J connectivity index is 1.35. The molecule has 1 saturated heterocycles. The minimum absolute atomic E-state index is 0.0455. The maximum absolute atomic E-state index is 12.2. The molecular formula is C31H40N6O6. The number of imidazole rings is 1. The second kappa shape index (κ2) is 10.8. The molecule has 3 fully saturated rings. The van der Waals surface area contributed by atoms with Crippen LogP contribution in [0.25, 0.3) is 12.2 Å². The molecule has 5 N–H and O–H groups in total. The van der Waals surface area contributed by atoms with Crippen LogP contribution in [0.2, 0.25) is 0 Å². The van der Waals surface area contributed by atoms with Crippen molar-refractivity contribution in [3.8, 4) is 5.95 Å². The zero-order chi connectivity index (χ0) is 30.7. The summed E-state index contributed by atoms with van der Waals surface area (Å²) in [5.74, 6) is -0.621. The van der Waals surface area contributed by atoms with Crippen molar-refractivity contribution < 1.29 is 29.3 Å². The number of aliphatic imine (C=N–C) groups is 1. The summed E-state index contributed by atoms with van der Waals surface area (Å²) in [5.41, 5.74) is 7.12. The number of aromatic hydroxyl groups is 1. The van der Waals surface area contributed by atoms with Gasteiger partial charge >= 0.3 is 5.91 Å². The number of aliphatic hydroxyl groups is 2. The van der Waals surface area contributed by atoms with Gasteiger partial charge in [0, 0.05) is 43.6 Å². The Morgan fingerprint density at radius 1 is 1.26 bits per heavy atom. The summed E-state index contributed by atoms with van der Waals surface area (Å²) in [6, 6.07) is 1.78. The third-order valence-corrected chi connectivity index (χ3v) is 10.4. The van der Waals surface area contributed by atoms with E-state index in [-0.39, 0.29) is 47.5 Å². The third-order valence-electron chi connectivity index (χ3n) is 10.4. The van der Waals surface area contributed by atoms with Crippen molar-refractivity contribution in [2.75, 3.05) is 32.9 Å². The Labute approximate surface area is 249 Å². The number of rotatable bonds is 5. The second-order valence-electron chi connectivity index (χ2n) is 12.7. The Morgan fingerprint density at radius 3 is 2.72 bits per heavy atom. The van der Waals surface area contributed by atoms with Gasteiger partial charge in [0.1, 0.15) is 11.2 Å². The van der Waals surface area contributed by atoms with Gasteiger partial charge in [-0.1, -0.05) is 38.2 Å². The van der Waals surface area contributed by atoms with Gasteiger partial charge in [-0.05, 0) is 36.7 Å². The maximum atomic E-state index is 12.2. The summed E-state index contributed by atoms with van der Waals surface area (Å²) in [5, 5.41) is 32.4. The van der Waals surface area contributed by atoms with Crippen molar-refractivity contribution in [2.45, 2.75) is 45.3 Å². The molecule has 6 rings (SSSR count). The quantitative estimate of drug-likeness (QED) is 0.365. The fraction of sp³-hybridized carbons (Fsp3) is 0.548. The van der Waals surface area contributed by atoms with Crippen LogP contribution in [0.15, 0.2) is 38.7 Å². The van der Waals surface area contributed by atoms with E-state index in [0.717, 1.165) is 31.5 Å². The van der Waals surface area contributed by atoms with Crippen molar-refractivity contribution >= 4 is 24.0 Å². The van der Waals surface area contributed by atoms with Crippen molar-refractivity contribution in [3.63, 3.8) is 0 Å². The number of guanidine groups is 1. The van der Waals surface area contributed by atoms with Gasteiger partial charge in [-0.25, -0.2) is 4.98 Å². The molecule has 2 aliphatic heterocycles. The molecule has 0 radical (unpaired) electrons. The molecule has 12 nitrogen and oxygen atoms in total. The number of fused-ring (bicyclic) bond motifs is 2. The molecule has 230 valence electrons. The zero-order valence-electron chi connectivity index (χ0n) is 24.9. The van der Waals surface area contributed by atoms with Crippen LogP contribution in [0, 0.1) is 22.7 Å². The highest BCUT2D eigenvalue weighted by atomic mass is 16.5. The average Bonchev–Trinajstić information content (AvgIpc) is 3.49. The van der Waals surface area contributed by atoms with Crippen LogP contribution in [-0.4, -0.2) is 86.7 Å². The predicted molar refractivity (Wildman–Crippen MR) is 158 cm³/mol. The van der Waals surface area contributed by atoms with Gasteiger partial charge < -0.3 is 34.8 Å². The van der Waals surface area contributed by atoms with Gasteiger partial charge in [0.15, 0.2) is 11.2 Å². The summed E-state index contributed by atoms with van der Waals surface area (Å²) < 4.78 is 12.9. The summed E-state index contributed by atoms with van der Waals surface area (Å²) >= 11 is 0. The minimum atomic E-state index is -0.644. The molecule has 43 heavy (non-hydrogen) atoms. The number of furan rings is 1. The van der Waals surface area contributed by atoms with Crippen molar-refractivity contribution in [3.05, 3.63) is 52.3 Å². The largest absolute Gasteiger partial charge is 0.480 e. The molecule has 2 aromatic heterocycles. The van der Waals surface area contributed by atoms with Crippen LogP contribution >= 0.6 is 0 Å². The van der Waals surface area contributed by atoms with Crippen LogP contribution in [0.4, 0.5) is 0 Å². The molecule has 12 heteroatoms. The van der Waals surface area contributed by atoms with E-state index in [9.17, 15) is 20.1 Å². The molecule has 2 aromatic rings. The predicted octanol–water partition coefficient (Wildman–Crippen LogP) is 0.702. The number of morpholine rings is 1. The summed E-state index contributed by atoms with van der Waals surface area (Å²) in [6.07, 6.45) is 7.15. The van der Waals surface area contributed by atoms with Gasteiger partial charge in [-0.15, -0.1) is 0 Å². The van der Waals surface area contributed by atoms with E-state index in [1.54, 1.807) is 23.8 Å². The van der Waals surface area contributed by atoms with Crippen LogP contribution < -0.4 is 16.7 Å². The molecule has 2 aliphatic carbocycles. The molecular weight excluding hydrogens is 552 g/mol. The van der Waals surface area contributed by atoms with Crippen molar-refractivity contribution in [1.29, 1.82) is 0 Å². The van der Waals surface area contributed by atoms with Crippen molar-refractivity contribution in [1.82, 2.24) is 14.5 Å². The smallest absolute Gasteiger partial charge is 0.302 e. The van der Waals surface area contributed by atoms with Crippen LogP contribution in [0.5, 0.6) is 5.95 Å². The average molecular weight is 593 g/mol. The highest BCUT2D eigenvalue weighted by Gasteiger charge is 2.59. The number of aliphatic hydroxyl groups excluding tert-OH is 2. The monoisotopic (exact) mass is 592 g/mol. The fourth-order valence-electron chi connectivity index (χ4n) is 7.82. The Kier molecular flexibility index (Phi) is 7.44. The number of hydrogen-bond donors (Lipinski definition) is 4. The number of nitrogens with two attached hydrogens (primary N) is 1. The van der Waals surface area contributed by atoms with Gasteiger partial charge in [-0.3, -0.25) is 9.69 Å². The first-order valence-corrected chi connectivity index (χ1v) is 14.8. The van der Waals surface area contributed by atoms with Crippen LogP contribution in [-0.2, 0) is 11.8 Å². The standard InChI is InChI=1S/C31H40N6O6/c1-17-20(30(2)8-7-23(39)31(3,16-38)22(30)15-21(17)37-9-11-42-12-10-37)6-5-18-13-19(43-28(18)41)14-24-33-25-26(36(24)4)34-29(32)35-27(25)40/h5-6,13-14,20-23,38-39,41H,1,7-12,15-16H2,2-4H3,(H2,32,35,40)/t20?,21?,22?,23-,30-,31+/m1/s1. The number of allylic oxidation sites excluding steroid dienone is 1. The van der Waals surface area contributed by atoms with E-state index in [1.807, 2.05) is 13.0 Å². The summed E-state index contributed by atoms with van der Waals surface area (Å²) in [7, 11) is 1.70. The first-order valence-electron chi connectivity index (χ1n) is 14.8. The topological polar surface area (TPSA) is 172 Å². The van der Waals surface area contributed by atoms with E-state index in [0.29, 0.717) is 41.9 Å². The third kappa shape index (κ3) is 4.86. The van der Waals surface area contributed by atoms with Crippen LogP contribution in [0.1, 0.15) is 54.9 Å². The van der Waals surface area contributed by atoms with Gasteiger partial charge in [0.05, 0.1) is 31.5 Å². The molecule has 6 atom stereocenters. The number of carbonyl (C=O) groups is 1. The first kappa shape index (κ1) is 29.5. The maximum Gasteiger partial charge on any atom is 0.302 e. The molecule has 1 amide bonds. The Bertz CT molecular complexity index is 1630. The number of amides is 1. The number of ether oxygens (including phenoxy) is 1. The molecule has 0 aromatic carbocycles. The van der Waals surface area contributed by atoms with E-state index in [2.05, 4.69) is 39.4 Å². The summed E-state index contributed by atoms with van der Waals surface area (Å²) in [6.45, 7) is 11.7. The molecule has 0 spiro atoms. The van der Waals surface area contributed by atoms with E-state index in [1.165, 1.54) is 0 Å². The molecule has 2 saturated carbocycles. The van der Waals surface area contributed by atoms with Gasteiger partial charge in [0.25, 0.3) is 5.95 Å². The lowest BCUT2D eigenvalue weighted by Gasteiger charge is -2.62. The number of aromatic nitrogens is 2. The molecule has 4 aliphatic rings. The van der Waals surface area contributed by atoms with E-state index >= 15 is 0 Å². The zero-order valence-corrected chi connectivity index (χ0v) is 24.9. The summed E-state index contributed by atoms with van der Waals surface area (Å²) in [4.78, 5) is 26.7. The minimum Gasteiger partial charge on any atom is -0.480 e. The Morgan fingerprint density at radius 2 is 2.00 bits per heavy atom. The molecule has 0 bridgehead atoms. The normalized spacial score (nSPS) is 33.8. The lowest BCUT2D eigenvalue weighted by Crippen LogP contribution is -2.61. The first-order chi connectivity index (χ1) is 20.5. The lowest BCUT2D eigenvalue weighted by atomic mass is 9.45. The van der Waals surface area contributed by atoms with Crippen LogP contribution in [0.3, 0.4) is 0 Å². The van der Waals surface area contributed by atoms with Gasteiger partial charge in [-0.2, -0.15) is 9.98 Å². The van der Waals surface area contributed by atoms with Crippen molar-refractivity contribution in [2.24, 2.45) is 45.4 Å². The highest BCUT2D eigenvalue weighted by Crippen LogP contribution is 2.62. The van der Waals surface area contributed by atoms with Gasteiger partial charge in [0.2, 0.25) is 5.96 Å². The number of carbonyl (C=O) groups excluding carboxylic acids is 1. The Hall–Kier alpha value is -3.58. The molecule has 4 heterocycles. The number of nitrogens with zero attached hydrogens (tertiary/aromatic N) is 5. The SMILES string of the molecule is C=C1C(N2CCOCC2)CC2[C@](C)(CC[C@@H](O)[C@@]2(C)CO)C1C=Cc1cc(C=c2nc3c(n2C)=NC(N)=NC3=O)oc1O.